The molecule has 6 aromatic carbocycles. The lowest BCUT2D eigenvalue weighted by Crippen LogP contribution is -2.08. The van der Waals surface area contributed by atoms with Crippen molar-refractivity contribution in [1.29, 1.82) is 10.5 Å². The van der Waals surface area contributed by atoms with Gasteiger partial charge in [-0.25, -0.2) is 0 Å². The number of thiophene rings is 1. The van der Waals surface area contributed by atoms with E-state index in [1.807, 2.05) is 65.6 Å². The second-order valence-corrected chi connectivity index (χ2v) is 14.9. The van der Waals surface area contributed by atoms with E-state index in [0.717, 1.165) is 38.6 Å². The van der Waals surface area contributed by atoms with Crippen LogP contribution in [0.2, 0.25) is 0 Å². The third-order valence-electron chi connectivity index (χ3n) is 10.0. The highest BCUT2D eigenvalue weighted by Crippen LogP contribution is 2.54. The van der Waals surface area contributed by atoms with Gasteiger partial charge in [0.15, 0.2) is 0 Å². The molecular formula is C44H25N3S2. The highest BCUT2D eigenvalue weighted by atomic mass is 32.2. The van der Waals surface area contributed by atoms with Crippen molar-refractivity contribution < 1.29 is 0 Å². The van der Waals surface area contributed by atoms with E-state index < -0.39 is 0 Å². The molecule has 0 radical (unpaired) electrons. The summed E-state index contributed by atoms with van der Waals surface area (Å²) in [6.45, 7) is 0. The van der Waals surface area contributed by atoms with Crippen LogP contribution in [0.25, 0.3) is 64.4 Å². The quantitative estimate of drug-likeness (QED) is 0.190. The zero-order chi connectivity index (χ0) is 32.6. The molecular weight excluding hydrogens is 635 g/mol. The summed E-state index contributed by atoms with van der Waals surface area (Å²) in [6, 6.07) is 46.9. The second kappa shape index (κ2) is 10.8. The Morgan fingerprint density at radius 2 is 1.51 bits per heavy atom. The van der Waals surface area contributed by atoms with E-state index >= 15 is 0 Å². The van der Waals surface area contributed by atoms with Crippen molar-refractivity contribution in [2.24, 2.45) is 0 Å². The summed E-state index contributed by atoms with van der Waals surface area (Å²) in [6.07, 6.45) is 7.13. The SMILES string of the molecule is N#Cc1ccc2c(c1)c1ccccc1n2-c1c(C#N)cccc1-c1ccc2sc3c4c(ccc3c2c1)C1C=C(c2ccccc2)C=CC1S4. The van der Waals surface area contributed by atoms with Gasteiger partial charge in [0.2, 0.25) is 0 Å². The number of thioether (sulfide) groups is 1. The fourth-order valence-corrected chi connectivity index (χ4v) is 10.5. The smallest absolute Gasteiger partial charge is 0.101 e. The first-order chi connectivity index (χ1) is 24.2. The first-order valence-corrected chi connectivity index (χ1v) is 18.0. The number of hydrogen-bond acceptors (Lipinski definition) is 4. The molecule has 2 aromatic heterocycles. The van der Waals surface area contributed by atoms with Crippen LogP contribution in [-0.4, -0.2) is 9.82 Å². The average molecular weight is 660 g/mol. The largest absolute Gasteiger partial charge is 0.307 e. The van der Waals surface area contributed by atoms with Crippen molar-refractivity contribution >= 4 is 70.6 Å². The van der Waals surface area contributed by atoms with Crippen molar-refractivity contribution in [3.8, 4) is 29.0 Å². The molecule has 1 aliphatic carbocycles. The average Bonchev–Trinajstić information content (AvgIpc) is 3.83. The molecule has 2 unspecified atom stereocenters. The fraction of sp³-hybridized carbons (Fsp3) is 0.0455. The van der Waals surface area contributed by atoms with Crippen LogP contribution in [0, 0.1) is 22.7 Å². The number of nitrogens with zero attached hydrogens (tertiary/aromatic N) is 3. The molecule has 1 aliphatic heterocycles. The zero-order valence-electron chi connectivity index (χ0n) is 26.1. The summed E-state index contributed by atoms with van der Waals surface area (Å²) in [5.41, 5.74) is 10.1. The van der Waals surface area contributed by atoms with Gasteiger partial charge in [-0.15, -0.1) is 23.1 Å². The van der Waals surface area contributed by atoms with Crippen LogP contribution >= 0.6 is 23.1 Å². The number of hydrogen-bond donors (Lipinski definition) is 0. The Hall–Kier alpha value is -5.85. The van der Waals surface area contributed by atoms with Crippen molar-refractivity contribution in [2.45, 2.75) is 16.1 Å². The van der Waals surface area contributed by atoms with E-state index in [9.17, 15) is 10.5 Å². The van der Waals surface area contributed by atoms with E-state index in [0.29, 0.717) is 22.3 Å². The summed E-state index contributed by atoms with van der Waals surface area (Å²) in [7, 11) is 0. The molecule has 2 aliphatic rings. The van der Waals surface area contributed by atoms with E-state index in [2.05, 4.69) is 114 Å². The molecule has 3 heterocycles. The van der Waals surface area contributed by atoms with Gasteiger partial charge in [-0.05, 0) is 64.7 Å². The van der Waals surface area contributed by atoms with Gasteiger partial charge in [-0.1, -0.05) is 97.1 Å². The number of rotatable bonds is 3. The third-order valence-corrected chi connectivity index (χ3v) is 12.7. The summed E-state index contributed by atoms with van der Waals surface area (Å²) in [5.74, 6) is 0.358. The molecule has 0 amide bonds. The van der Waals surface area contributed by atoms with Gasteiger partial charge >= 0.3 is 0 Å². The maximum Gasteiger partial charge on any atom is 0.101 e. The molecule has 49 heavy (non-hydrogen) atoms. The molecule has 0 bridgehead atoms. The van der Waals surface area contributed by atoms with E-state index in [1.165, 1.54) is 41.8 Å². The predicted molar refractivity (Wildman–Crippen MR) is 204 cm³/mol. The van der Waals surface area contributed by atoms with Crippen LogP contribution in [0.5, 0.6) is 0 Å². The van der Waals surface area contributed by atoms with Crippen molar-refractivity contribution in [1.82, 2.24) is 4.57 Å². The first kappa shape index (κ1) is 28.2. The molecule has 0 N–H and O–H groups in total. The highest BCUT2D eigenvalue weighted by Gasteiger charge is 2.34. The Morgan fingerprint density at radius 1 is 0.653 bits per heavy atom. The van der Waals surface area contributed by atoms with Crippen molar-refractivity contribution in [3.63, 3.8) is 0 Å². The number of para-hydroxylation sites is 2. The van der Waals surface area contributed by atoms with Crippen molar-refractivity contribution in [2.75, 3.05) is 0 Å². The molecule has 5 heteroatoms. The lowest BCUT2D eigenvalue weighted by molar-refractivity contribution is 0.887. The first-order valence-electron chi connectivity index (χ1n) is 16.3. The monoisotopic (exact) mass is 659 g/mol. The van der Waals surface area contributed by atoms with Crippen LogP contribution in [0.15, 0.2) is 144 Å². The Balaban J connectivity index is 1.15. The standard InChI is InChI=1S/C44H25N3S2/c45-24-26-13-18-39-35(21-26)32-10-4-5-12-38(32)47(39)42-30(25-46)9-6-11-31(42)29-15-20-41-37(23-29)34-17-16-33-36-22-28(27-7-2-1-3-8-27)14-19-40(36)48-43(33)44(34)49-41/h1-23,36,40H. The summed E-state index contributed by atoms with van der Waals surface area (Å²) >= 11 is 3.87. The number of nitriles is 2. The van der Waals surface area contributed by atoms with E-state index in [-0.39, 0.29) is 0 Å². The lowest BCUT2D eigenvalue weighted by Gasteiger charge is -2.19. The van der Waals surface area contributed by atoms with Gasteiger partial charge < -0.3 is 4.57 Å². The van der Waals surface area contributed by atoms with Crippen molar-refractivity contribution in [3.05, 3.63) is 162 Å². The minimum atomic E-state index is 0.358. The maximum atomic E-state index is 10.4. The maximum absolute atomic E-state index is 10.4. The molecule has 0 fully saturated rings. The van der Waals surface area contributed by atoms with Crippen LogP contribution < -0.4 is 0 Å². The van der Waals surface area contributed by atoms with E-state index in [4.69, 9.17) is 0 Å². The Labute approximate surface area is 291 Å². The highest BCUT2D eigenvalue weighted by molar-refractivity contribution is 8.00. The fourth-order valence-electron chi connectivity index (χ4n) is 7.77. The summed E-state index contributed by atoms with van der Waals surface area (Å²) < 4.78 is 4.82. The third kappa shape index (κ3) is 4.20. The molecule has 0 saturated heterocycles. The lowest BCUT2D eigenvalue weighted by atomic mass is 9.87. The van der Waals surface area contributed by atoms with Crippen LogP contribution in [-0.2, 0) is 0 Å². The predicted octanol–water partition coefficient (Wildman–Crippen LogP) is 11.8. The molecule has 0 saturated carbocycles. The number of benzene rings is 6. The Bertz CT molecular complexity index is 2840. The van der Waals surface area contributed by atoms with Gasteiger partial charge in [0, 0.05) is 52.6 Å². The normalized spacial score (nSPS) is 16.5. The number of fused-ring (bicyclic) bond motifs is 10. The van der Waals surface area contributed by atoms with Gasteiger partial charge in [0.1, 0.15) is 6.07 Å². The van der Waals surface area contributed by atoms with Crippen LogP contribution in [0.4, 0.5) is 0 Å². The number of allylic oxidation sites excluding steroid dienone is 3. The summed E-state index contributed by atoms with van der Waals surface area (Å²) in [4.78, 5) is 1.40. The molecule has 8 aromatic rings. The minimum absolute atomic E-state index is 0.358. The van der Waals surface area contributed by atoms with E-state index in [1.54, 1.807) is 0 Å². The van der Waals surface area contributed by atoms with Gasteiger partial charge in [-0.2, -0.15) is 10.5 Å². The molecule has 10 rings (SSSR count). The molecule has 228 valence electrons. The van der Waals surface area contributed by atoms with Gasteiger partial charge in [-0.3, -0.25) is 0 Å². The van der Waals surface area contributed by atoms with Gasteiger partial charge in [0.25, 0.3) is 0 Å². The zero-order valence-corrected chi connectivity index (χ0v) is 27.7. The number of aromatic nitrogens is 1. The summed E-state index contributed by atoms with van der Waals surface area (Å²) in [5, 5.41) is 25.1. The van der Waals surface area contributed by atoms with Gasteiger partial charge in [0.05, 0.1) is 33.9 Å². The molecule has 3 nitrogen and oxygen atoms in total. The Morgan fingerprint density at radius 3 is 2.39 bits per heavy atom. The molecule has 0 spiro atoms. The topological polar surface area (TPSA) is 52.5 Å². The molecule has 2 atom stereocenters. The second-order valence-electron chi connectivity index (χ2n) is 12.6. The Kier molecular flexibility index (Phi) is 6.23. The van der Waals surface area contributed by atoms with Crippen LogP contribution in [0.1, 0.15) is 28.2 Å². The van der Waals surface area contributed by atoms with Crippen LogP contribution in [0.3, 0.4) is 0 Å². The minimum Gasteiger partial charge on any atom is -0.307 e.